The van der Waals surface area contributed by atoms with Crippen molar-refractivity contribution in [1.82, 2.24) is 20.1 Å². The molecule has 1 aromatic carbocycles. The Balaban J connectivity index is 1.80. The van der Waals surface area contributed by atoms with Gasteiger partial charge in [0.1, 0.15) is 5.65 Å². The van der Waals surface area contributed by atoms with Gasteiger partial charge in [-0.25, -0.2) is 14.0 Å². The van der Waals surface area contributed by atoms with Crippen molar-refractivity contribution in [2.45, 2.75) is 4.90 Å². The van der Waals surface area contributed by atoms with Crippen molar-refractivity contribution in [2.75, 3.05) is 6.26 Å². The molecule has 8 heteroatoms. The van der Waals surface area contributed by atoms with Crippen molar-refractivity contribution in [1.29, 1.82) is 4.78 Å². The van der Waals surface area contributed by atoms with E-state index in [1.165, 1.54) is 6.26 Å². The summed E-state index contributed by atoms with van der Waals surface area (Å²) in [5.41, 5.74) is 2.19. The van der Waals surface area contributed by atoms with Crippen LogP contribution in [0.25, 0.3) is 33.9 Å². The molecule has 24 heavy (non-hydrogen) atoms. The van der Waals surface area contributed by atoms with Crippen LogP contribution >= 0.6 is 0 Å². The van der Waals surface area contributed by atoms with E-state index in [-0.39, 0.29) is 0 Å². The summed E-state index contributed by atoms with van der Waals surface area (Å²) < 4.78 is 25.0. The first kappa shape index (κ1) is 14.6. The Hall–Kier alpha value is -3.00. The van der Waals surface area contributed by atoms with E-state index in [1.807, 2.05) is 12.1 Å². The van der Waals surface area contributed by atoms with Gasteiger partial charge in [0.05, 0.1) is 9.73 Å². The molecular weight excluding hydrogens is 326 g/mol. The maximum Gasteiger partial charge on any atom is 0.258 e. The van der Waals surface area contributed by atoms with Crippen LogP contribution in [0.4, 0.5) is 0 Å². The third kappa shape index (κ3) is 2.46. The monoisotopic (exact) mass is 339 g/mol. The van der Waals surface area contributed by atoms with Gasteiger partial charge in [-0.2, -0.15) is 4.98 Å². The van der Waals surface area contributed by atoms with Crippen LogP contribution in [0.15, 0.2) is 58.2 Å². The second-order valence-corrected chi connectivity index (χ2v) is 7.55. The van der Waals surface area contributed by atoms with Crippen molar-refractivity contribution >= 4 is 20.8 Å². The Morgan fingerprint density at radius 3 is 2.96 bits per heavy atom. The number of hydrogen-bond donors (Lipinski definition) is 2. The van der Waals surface area contributed by atoms with Crippen LogP contribution in [0.3, 0.4) is 0 Å². The van der Waals surface area contributed by atoms with Crippen molar-refractivity contribution in [3.8, 4) is 22.8 Å². The van der Waals surface area contributed by atoms with E-state index >= 15 is 0 Å². The van der Waals surface area contributed by atoms with Gasteiger partial charge in [-0.05, 0) is 30.3 Å². The van der Waals surface area contributed by atoms with Crippen LogP contribution < -0.4 is 0 Å². The summed E-state index contributed by atoms with van der Waals surface area (Å²) in [4.78, 5) is 12.1. The molecule has 4 rings (SSSR count). The molecule has 0 aliphatic carbocycles. The number of aromatic nitrogens is 4. The average molecular weight is 339 g/mol. The van der Waals surface area contributed by atoms with E-state index in [2.05, 4.69) is 20.1 Å². The standard InChI is InChI=1S/C16H13N5O2S/c1-24(17,22)11-4-2-3-10(9-11)16-20-15(21-23-16)13-6-8-19-14-12(13)5-7-18-14/h2-9,17H,1H3,(H,18,19). The highest BCUT2D eigenvalue weighted by atomic mass is 32.2. The smallest absolute Gasteiger partial charge is 0.258 e. The second kappa shape index (κ2) is 5.27. The maximum absolute atomic E-state index is 11.9. The van der Waals surface area contributed by atoms with Gasteiger partial charge in [-0.15, -0.1) is 0 Å². The van der Waals surface area contributed by atoms with Gasteiger partial charge >= 0.3 is 0 Å². The fourth-order valence-corrected chi connectivity index (χ4v) is 3.17. The Morgan fingerprint density at radius 1 is 1.25 bits per heavy atom. The molecule has 3 aromatic heterocycles. The Kier molecular flexibility index (Phi) is 3.20. The quantitative estimate of drug-likeness (QED) is 0.595. The molecule has 2 N–H and O–H groups in total. The topological polar surface area (TPSA) is 109 Å². The number of hydrogen-bond acceptors (Lipinski definition) is 6. The number of aromatic amines is 1. The normalized spacial score (nSPS) is 13.9. The molecule has 0 amide bonds. The number of fused-ring (bicyclic) bond motifs is 1. The van der Waals surface area contributed by atoms with E-state index in [0.29, 0.717) is 22.2 Å². The van der Waals surface area contributed by atoms with E-state index in [4.69, 9.17) is 9.30 Å². The SMILES string of the molecule is CS(=N)(=O)c1cccc(-c2nc(-c3ccnc4[nH]ccc34)no2)c1. The lowest BCUT2D eigenvalue weighted by Gasteiger charge is -2.01. The van der Waals surface area contributed by atoms with E-state index in [1.54, 1.807) is 36.7 Å². The van der Waals surface area contributed by atoms with Gasteiger partial charge < -0.3 is 9.51 Å². The highest BCUT2D eigenvalue weighted by molar-refractivity contribution is 7.91. The Bertz CT molecular complexity index is 1140. The molecule has 7 nitrogen and oxygen atoms in total. The number of nitrogens with one attached hydrogen (secondary N) is 2. The molecule has 0 saturated heterocycles. The fraction of sp³-hybridized carbons (Fsp3) is 0.0625. The molecule has 4 aromatic rings. The predicted octanol–water partition coefficient (Wildman–Crippen LogP) is 3.32. The minimum absolute atomic E-state index is 0.316. The second-order valence-electron chi connectivity index (χ2n) is 5.39. The molecule has 0 fully saturated rings. The first-order valence-corrected chi connectivity index (χ1v) is 9.09. The lowest BCUT2D eigenvalue weighted by atomic mass is 10.2. The number of pyridine rings is 1. The number of rotatable bonds is 3. The summed E-state index contributed by atoms with van der Waals surface area (Å²) in [6, 6.07) is 10.5. The fourth-order valence-electron chi connectivity index (χ4n) is 2.48. The Morgan fingerprint density at radius 2 is 2.12 bits per heavy atom. The van der Waals surface area contributed by atoms with Crippen molar-refractivity contribution in [3.63, 3.8) is 0 Å². The minimum Gasteiger partial charge on any atom is -0.346 e. The highest BCUT2D eigenvalue weighted by Gasteiger charge is 2.15. The zero-order chi connectivity index (χ0) is 16.7. The number of H-pyrrole nitrogens is 1. The molecule has 1 unspecified atom stereocenters. The lowest BCUT2D eigenvalue weighted by molar-refractivity contribution is 0.432. The van der Waals surface area contributed by atoms with E-state index < -0.39 is 9.73 Å². The maximum atomic E-state index is 11.9. The van der Waals surface area contributed by atoms with Gasteiger partial charge in [0, 0.05) is 40.1 Å². The van der Waals surface area contributed by atoms with Crippen LogP contribution in [0.2, 0.25) is 0 Å². The third-order valence-corrected chi connectivity index (χ3v) is 4.81. The zero-order valence-corrected chi connectivity index (χ0v) is 13.5. The highest BCUT2D eigenvalue weighted by Crippen LogP contribution is 2.28. The van der Waals surface area contributed by atoms with Gasteiger partial charge in [0.2, 0.25) is 5.82 Å². The van der Waals surface area contributed by atoms with Crippen LogP contribution in [0, 0.1) is 4.78 Å². The van der Waals surface area contributed by atoms with Crippen LogP contribution in [0.5, 0.6) is 0 Å². The summed E-state index contributed by atoms with van der Waals surface area (Å²) in [5.74, 6) is 0.765. The van der Waals surface area contributed by atoms with Gasteiger partial charge in [0.25, 0.3) is 5.89 Å². The third-order valence-electron chi connectivity index (χ3n) is 3.66. The molecule has 0 bridgehead atoms. The van der Waals surface area contributed by atoms with E-state index in [0.717, 1.165) is 16.6 Å². The van der Waals surface area contributed by atoms with Crippen LogP contribution in [-0.2, 0) is 9.73 Å². The molecule has 0 saturated carbocycles. The van der Waals surface area contributed by atoms with Crippen molar-refractivity contribution in [2.24, 2.45) is 0 Å². The average Bonchev–Trinajstić information content (AvgIpc) is 3.23. The van der Waals surface area contributed by atoms with Crippen LogP contribution in [0.1, 0.15) is 0 Å². The lowest BCUT2D eigenvalue weighted by Crippen LogP contribution is -1.94. The molecule has 120 valence electrons. The summed E-state index contributed by atoms with van der Waals surface area (Å²) in [6.45, 7) is 0. The van der Waals surface area contributed by atoms with Gasteiger partial charge in [-0.1, -0.05) is 11.2 Å². The Labute approximate surface area is 137 Å². The summed E-state index contributed by atoms with van der Waals surface area (Å²) in [7, 11) is -2.80. The van der Waals surface area contributed by atoms with Gasteiger partial charge in [0.15, 0.2) is 0 Å². The minimum atomic E-state index is -2.80. The summed E-state index contributed by atoms with van der Waals surface area (Å²) >= 11 is 0. The molecule has 0 aliphatic rings. The van der Waals surface area contributed by atoms with Crippen molar-refractivity contribution < 1.29 is 8.73 Å². The molecule has 0 aliphatic heterocycles. The first-order valence-electron chi connectivity index (χ1n) is 7.13. The molecule has 3 heterocycles. The molecular formula is C16H13N5O2S. The molecule has 1 atom stereocenters. The number of nitrogens with zero attached hydrogens (tertiary/aromatic N) is 3. The van der Waals surface area contributed by atoms with Crippen LogP contribution in [-0.4, -0.2) is 30.6 Å². The summed E-state index contributed by atoms with van der Waals surface area (Å²) in [5, 5.41) is 4.94. The summed E-state index contributed by atoms with van der Waals surface area (Å²) in [6.07, 6.45) is 4.86. The molecule has 0 radical (unpaired) electrons. The van der Waals surface area contributed by atoms with Gasteiger partial charge in [-0.3, -0.25) is 0 Å². The predicted molar refractivity (Wildman–Crippen MR) is 89.9 cm³/mol. The van der Waals surface area contributed by atoms with E-state index in [9.17, 15) is 4.21 Å². The number of benzene rings is 1. The first-order chi connectivity index (χ1) is 11.5. The molecule has 0 spiro atoms. The zero-order valence-electron chi connectivity index (χ0n) is 12.7. The van der Waals surface area contributed by atoms with Crippen molar-refractivity contribution in [3.05, 3.63) is 48.8 Å². The largest absolute Gasteiger partial charge is 0.346 e.